The van der Waals surface area contributed by atoms with E-state index in [1.165, 1.54) is 6.21 Å². The summed E-state index contributed by atoms with van der Waals surface area (Å²) in [7, 11) is 0. The number of nitrogens with one attached hydrogen (secondary N) is 3. The molecule has 1 aliphatic heterocycles. The molecule has 2 atom stereocenters. The number of fused-ring (bicyclic) bond motifs is 1. The highest BCUT2D eigenvalue weighted by Gasteiger charge is 2.28. The van der Waals surface area contributed by atoms with Crippen molar-refractivity contribution in [2.75, 3.05) is 6.54 Å². The number of hydrogen-bond acceptors (Lipinski definition) is 5. The van der Waals surface area contributed by atoms with Gasteiger partial charge < -0.3 is 20.8 Å². The largest absolute Gasteiger partial charge is 0.488 e. The standard InChI is InChI=1S/C21H29N5O2/c1-13-6-18-19(28-14(2)15-8-20(27)23-10-15)7-16(12-26(18)25-13)17(9-22)11-24-21(3,4)5/h6-7,9,11-12,14-15,22,24H,8,10H2,1-5H3,(H,23,27)/b17-11+,22-9?/t14-,15-/m1/s1. The Morgan fingerprint density at radius 3 is 2.82 bits per heavy atom. The molecule has 2 aromatic rings. The third-order valence-electron chi connectivity index (χ3n) is 4.79. The Balaban J connectivity index is 1.96. The molecule has 0 bridgehead atoms. The lowest BCUT2D eigenvalue weighted by Gasteiger charge is -2.21. The van der Waals surface area contributed by atoms with Gasteiger partial charge in [-0.2, -0.15) is 5.10 Å². The van der Waals surface area contributed by atoms with E-state index in [4.69, 9.17) is 10.1 Å². The average molecular weight is 383 g/mol. The zero-order valence-corrected chi connectivity index (χ0v) is 17.2. The minimum Gasteiger partial charge on any atom is -0.488 e. The van der Waals surface area contributed by atoms with Crippen molar-refractivity contribution in [1.82, 2.24) is 20.2 Å². The maximum Gasteiger partial charge on any atom is 0.220 e. The number of rotatable bonds is 6. The van der Waals surface area contributed by atoms with Crippen LogP contribution in [-0.4, -0.2) is 39.9 Å². The highest BCUT2D eigenvalue weighted by Crippen LogP contribution is 2.29. The molecule has 2 aromatic heterocycles. The van der Waals surface area contributed by atoms with E-state index in [1.54, 1.807) is 4.52 Å². The molecule has 1 fully saturated rings. The summed E-state index contributed by atoms with van der Waals surface area (Å²) in [6.45, 7) is 10.8. The Bertz CT molecular complexity index is 923. The third-order valence-corrected chi connectivity index (χ3v) is 4.79. The smallest absolute Gasteiger partial charge is 0.220 e. The monoisotopic (exact) mass is 383 g/mol. The van der Waals surface area contributed by atoms with Gasteiger partial charge in [-0.05, 0) is 46.8 Å². The number of aromatic nitrogens is 2. The zero-order valence-electron chi connectivity index (χ0n) is 17.2. The van der Waals surface area contributed by atoms with E-state index in [1.807, 2.05) is 38.4 Å². The van der Waals surface area contributed by atoms with E-state index < -0.39 is 0 Å². The molecule has 0 aromatic carbocycles. The summed E-state index contributed by atoms with van der Waals surface area (Å²) in [5, 5.41) is 18.5. The topological polar surface area (TPSA) is 91.5 Å². The minimum atomic E-state index is -0.117. The van der Waals surface area contributed by atoms with E-state index in [-0.39, 0.29) is 23.5 Å². The van der Waals surface area contributed by atoms with Gasteiger partial charge in [0, 0.05) is 54.2 Å². The van der Waals surface area contributed by atoms with E-state index in [9.17, 15) is 4.79 Å². The Morgan fingerprint density at radius 1 is 1.46 bits per heavy atom. The van der Waals surface area contributed by atoms with Crippen molar-refractivity contribution in [3.8, 4) is 5.75 Å². The van der Waals surface area contributed by atoms with Crippen molar-refractivity contribution < 1.29 is 9.53 Å². The summed E-state index contributed by atoms with van der Waals surface area (Å²) in [5.41, 5.74) is 3.24. The first-order valence-electron chi connectivity index (χ1n) is 9.58. The molecule has 7 nitrogen and oxygen atoms in total. The maximum absolute atomic E-state index is 11.5. The summed E-state index contributed by atoms with van der Waals surface area (Å²) in [6, 6.07) is 3.92. The Hall–Kier alpha value is -2.83. The summed E-state index contributed by atoms with van der Waals surface area (Å²) in [5.74, 6) is 0.913. The highest BCUT2D eigenvalue weighted by atomic mass is 16.5. The van der Waals surface area contributed by atoms with Gasteiger partial charge in [0.1, 0.15) is 17.4 Å². The molecule has 0 aliphatic carbocycles. The van der Waals surface area contributed by atoms with Crippen LogP contribution < -0.4 is 15.4 Å². The van der Waals surface area contributed by atoms with Crippen molar-refractivity contribution >= 4 is 23.2 Å². The molecule has 3 N–H and O–H groups in total. The summed E-state index contributed by atoms with van der Waals surface area (Å²) >= 11 is 0. The van der Waals surface area contributed by atoms with Crippen LogP contribution in [0.15, 0.2) is 24.5 Å². The van der Waals surface area contributed by atoms with Gasteiger partial charge in [0.15, 0.2) is 0 Å². The summed E-state index contributed by atoms with van der Waals surface area (Å²) in [4.78, 5) is 11.5. The van der Waals surface area contributed by atoms with Gasteiger partial charge in [0.2, 0.25) is 5.91 Å². The van der Waals surface area contributed by atoms with Gasteiger partial charge in [0.05, 0.1) is 5.69 Å². The predicted molar refractivity (Wildman–Crippen MR) is 111 cm³/mol. The van der Waals surface area contributed by atoms with Crippen molar-refractivity contribution in [2.45, 2.75) is 52.7 Å². The van der Waals surface area contributed by atoms with Crippen LogP contribution >= 0.6 is 0 Å². The molecule has 3 heterocycles. The van der Waals surface area contributed by atoms with Gasteiger partial charge >= 0.3 is 0 Å². The second kappa shape index (κ2) is 7.66. The minimum absolute atomic E-state index is 0.0711. The van der Waals surface area contributed by atoms with Crippen LogP contribution in [0.1, 0.15) is 45.4 Å². The van der Waals surface area contributed by atoms with E-state index in [0.717, 1.165) is 22.3 Å². The SMILES string of the molecule is Cc1cc2c(O[C@H](C)[C@H]3CNC(=O)C3)cc(/C(C=N)=C/NC(C)(C)C)cn2n1. The predicted octanol–water partition coefficient (Wildman–Crippen LogP) is 2.92. The Kier molecular flexibility index (Phi) is 5.45. The molecular formula is C21H29N5O2. The number of nitrogens with zero attached hydrogens (tertiary/aromatic N) is 2. The van der Waals surface area contributed by atoms with Gasteiger partial charge in [-0.1, -0.05) is 0 Å². The molecule has 0 radical (unpaired) electrons. The number of amides is 1. The Labute approximate surface area is 165 Å². The number of aryl methyl sites for hydroxylation is 1. The van der Waals surface area contributed by atoms with Crippen LogP contribution in [0, 0.1) is 18.3 Å². The van der Waals surface area contributed by atoms with Crippen LogP contribution in [0.5, 0.6) is 5.75 Å². The quantitative estimate of drug-likeness (QED) is 0.669. The molecule has 0 spiro atoms. The zero-order chi connectivity index (χ0) is 20.5. The second-order valence-electron chi connectivity index (χ2n) is 8.44. The molecule has 0 saturated carbocycles. The normalized spacial score (nSPS) is 18.8. The lowest BCUT2D eigenvalue weighted by atomic mass is 10.0. The molecule has 1 aliphatic rings. The molecule has 1 saturated heterocycles. The summed E-state index contributed by atoms with van der Waals surface area (Å²) in [6.07, 6.45) is 5.44. The average Bonchev–Trinajstić information content (AvgIpc) is 3.19. The van der Waals surface area contributed by atoms with Crippen molar-refractivity contribution in [3.05, 3.63) is 35.8 Å². The van der Waals surface area contributed by atoms with Gasteiger partial charge in [0.25, 0.3) is 0 Å². The maximum atomic E-state index is 11.5. The third kappa shape index (κ3) is 4.52. The number of carbonyl (C=O) groups excluding carboxylic acids is 1. The fourth-order valence-corrected chi connectivity index (χ4v) is 3.19. The van der Waals surface area contributed by atoms with Crippen LogP contribution in [0.2, 0.25) is 0 Å². The number of carbonyl (C=O) groups is 1. The fraction of sp³-hybridized carbons (Fsp3) is 0.476. The van der Waals surface area contributed by atoms with Crippen LogP contribution in [0.3, 0.4) is 0 Å². The van der Waals surface area contributed by atoms with Gasteiger partial charge in [-0.15, -0.1) is 0 Å². The lowest BCUT2D eigenvalue weighted by molar-refractivity contribution is -0.119. The first kappa shape index (κ1) is 19.9. The van der Waals surface area contributed by atoms with Crippen molar-refractivity contribution in [2.24, 2.45) is 5.92 Å². The number of pyridine rings is 1. The first-order chi connectivity index (χ1) is 13.2. The van der Waals surface area contributed by atoms with E-state index in [0.29, 0.717) is 18.7 Å². The number of hydrogen-bond donors (Lipinski definition) is 3. The van der Waals surface area contributed by atoms with Crippen LogP contribution in [0.25, 0.3) is 11.1 Å². The van der Waals surface area contributed by atoms with Crippen molar-refractivity contribution in [1.29, 1.82) is 5.41 Å². The molecule has 1 amide bonds. The highest BCUT2D eigenvalue weighted by molar-refractivity contribution is 6.08. The second-order valence-corrected chi connectivity index (χ2v) is 8.44. The summed E-state index contributed by atoms with van der Waals surface area (Å²) < 4.78 is 8.07. The molecule has 150 valence electrons. The van der Waals surface area contributed by atoms with Gasteiger partial charge in [-0.3, -0.25) is 4.79 Å². The molecular weight excluding hydrogens is 354 g/mol. The van der Waals surface area contributed by atoms with Crippen LogP contribution in [0.4, 0.5) is 0 Å². The first-order valence-corrected chi connectivity index (χ1v) is 9.58. The Morgan fingerprint density at radius 2 is 2.21 bits per heavy atom. The van der Waals surface area contributed by atoms with E-state index >= 15 is 0 Å². The van der Waals surface area contributed by atoms with Crippen molar-refractivity contribution in [3.63, 3.8) is 0 Å². The van der Waals surface area contributed by atoms with E-state index in [2.05, 4.69) is 36.5 Å². The molecule has 7 heteroatoms. The fourth-order valence-electron chi connectivity index (χ4n) is 3.19. The van der Waals surface area contributed by atoms with Gasteiger partial charge in [-0.25, -0.2) is 4.52 Å². The molecule has 28 heavy (non-hydrogen) atoms. The number of allylic oxidation sites excluding steroid dienone is 1. The number of ether oxygens (including phenoxy) is 1. The van der Waals surface area contributed by atoms with Crippen LogP contribution in [-0.2, 0) is 4.79 Å². The molecule has 3 rings (SSSR count). The lowest BCUT2D eigenvalue weighted by Crippen LogP contribution is -2.31. The molecule has 0 unspecified atom stereocenters.